The number of aliphatic hydroxyl groups excluding tert-OH is 1. The number of nitrogens with one attached hydrogen (secondary N) is 1. The molecule has 5 atom stereocenters. The lowest BCUT2D eigenvalue weighted by atomic mass is 9.92. The second-order valence-corrected chi connectivity index (χ2v) is 8.94. The highest BCUT2D eigenvalue weighted by molar-refractivity contribution is 5.98. The number of aliphatic hydroxyl groups is 1. The van der Waals surface area contributed by atoms with Gasteiger partial charge >= 0.3 is 11.9 Å². The fourth-order valence-corrected chi connectivity index (χ4v) is 3.77. The first-order chi connectivity index (χ1) is 15.0. The third-order valence-electron chi connectivity index (χ3n) is 5.54. The van der Waals surface area contributed by atoms with Crippen LogP contribution in [0, 0.1) is 11.3 Å². The molecule has 174 valence electrons. The smallest absolute Gasteiger partial charge is 0.332 e. The molecule has 32 heavy (non-hydrogen) atoms. The Morgan fingerprint density at radius 2 is 1.78 bits per heavy atom. The summed E-state index contributed by atoms with van der Waals surface area (Å²) in [5.41, 5.74) is -0.753. The number of hydrogen-bond donors (Lipinski definition) is 2. The molecule has 2 saturated heterocycles. The van der Waals surface area contributed by atoms with Crippen molar-refractivity contribution in [1.82, 2.24) is 10.2 Å². The number of esters is 2. The SMILES string of the molecule is CC1C(O)[C@@H]2C(NC(=O)COc3ccccc3)C(=O)N2C1C(=O)OCOC(=O)C(C)(C)C. The summed E-state index contributed by atoms with van der Waals surface area (Å²) in [6, 6.07) is 5.98. The van der Waals surface area contributed by atoms with E-state index in [-0.39, 0.29) is 6.61 Å². The molecular weight excluding hydrogens is 420 g/mol. The van der Waals surface area contributed by atoms with Crippen LogP contribution in [-0.4, -0.2) is 71.4 Å². The van der Waals surface area contributed by atoms with Gasteiger partial charge < -0.3 is 29.5 Å². The average molecular weight is 448 g/mol. The Kier molecular flexibility index (Phi) is 6.73. The lowest BCUT2D eigenvalue weighted by Gasteiger charge is -2.45. The van der Waals surface area contributed by atoms with Crippen molar-refractivity contribution < 1.29 is 38.5 Å². The molecule has 0 saturated carbocycles. The Bertz CT molecular complexity index is 882. The largest absolute Gasteiger partial charge is 0.484 e. The van der Waals surface area contributed by atoms with E-state index < -0.39 is 66.1 Å². The molecule has 0 bridgehead atoms. The monoisotopic (exact) mass is 448 g/mol. The van der Waals surface area contributed by atoms with E-state index in [4.69, 9.17) is 14.2 Å². The van der Waals surface area contributed by atoms with Crippen molar-refractivity contribution in [3.63, 3.8) is 0 Å². The number of benzene rings is 1. The van der Waals surface area contributed by atoms with Crippen LogP contribution in [0.3, 0.4) is 0 Å². The first-order valence-electron chi connectivity index (χ1n) is 10.3. The van der Waals surface area contributed by atoms with Crippen LogP contribution in [0.15, 0.2) is 30.3 Å². The Labute approximate surface area is 185 Å². The second kappa shape index (κ2) is 9.15. The maximum Gasteiger partial charge on any atom is 0.332 e. The number of carbonyl (C=O) groups excluding carboxylic acids is 4. The summed E-state index contributed by atoms with van der Waals surface area (Å²) in [6.07, 6.45) is -1.04. The van der Waals surface area contributed by atoms with Gasteiger partial charge in [0.05, 0.1) is 17.6 Å². The van der Waals surface area contributed by atoms with Crippen molar-refractivity contribution >= 4 is 23.8 Å². The Balaban J connectivity index is 1.54. The highest BCUT2D eigenvalue weighted by Gasteiger charge is 2.64. The van der Waals surface area contributed by atoms with Crippen molar-refractivity contribution in [2.24, 2.45) is 11.3 Å². The van der Waals surface area contributed by atoms with Crippen LogP contribution in [-0.2, 0) is 28.7 Å². The summed E-state index contributed by atoms with van der Waals surface area (Å²) in [6.45, 7) is 5.72. The van der Waals surface area contributed by atoms with Crippen LogP contribution in [0.5, 0.6) is 5.75 Å². The minimum absolute atomic E-state index is 0.295. The van der Waals surface area contributed by atoms with Gasteiger partial charge in [0.15, 0.2) is 6.61 Å². The molecule has 2 fully saturated rings. The van der Waals surface area contributed by atoms with Crippen LogP contribution >= 0.6 is 0 Å². The van der Waals surface area contributed by atoms with Crippen LogP contribution in [0.4, 0.5) is 0 Å². The predicted octanol–water partition coefficient (Wildman–Crippen LogP) is 0.230. The molecule has 2 amide bonds. The Morgan fingerprint density at radius 3 is 2.41 bits per heavy atom. The number of carbonyl (C=O) groups is 4. The molecule has 10 nitrogen and oxygen atoms in total. The van der Waals surface area contributed by atoms with E-state index in [0.717, 1.165) is 0 Å². The fraction of sp³-hybridized carbons (Fsp3) is 0.545. The van der Waals surface area contributed by atoms with Gasteiger partial charge in [-0.3, -0.25) is 14.4 Å². The summed E-state index contributed by atoms with van der Waals surface area (Å²) < 4.78 is 15.3. The quantitative estimate of drug-likeness (QED) is 0.344. The molecule has 2 N–H and O–H groups in total. The van der Waals surface area contributed by atoms with E-state index in [1.165, 1.54) is 4.90 Å². The third-order valence-corrected chi connectivity index (χ3v) is 5.54. The number of amides is 2. The van der Waals surface area contributed by atoms with Crippen molar-refractivity contribution in [3.05, 3.63) is 30.3 Å². The molecule has 1 aromatic carbocycles. The maximum absolute atomic E-state index is 12.6. The van der Waals surface area contributed by atoms with Gasteiger partial charge in [0, 0.05) is 5.92 Å². The van der Waals surface area contributed by atoms with Gasteiger partial charge in [0.2, 0.25) is 12.7 Å². The topological polar surface area (TPSA) is 131 Å². The molecule has 2 aliphatic heterocycles. The fourth-order valence-electron chi connectivity index (χ4n) is 3.77. The summed E-state index contributed by atoms with van der Waals surface area (Å²) in [7, 11) is 0. The van der Waals surface area contributed by atoms with Gasteiger partial charge in [-0.2, -0.15) is 0 Å². The van der Waals surface area contributed by atoms with Gasteiger partial charge in [-0.05, 0) is 32.9 Å². The van der Waals surface area contributed by atoms with Crippen molar-refractivity contribution in [3.8, 4) is 5.75 Å². The number of ether oxygens (including phenoxy) is 3. The number of rotatable bonds is 7. The lowest BCUT2D eigenvalue weighted by Crippen LogP contribution is -2.73. The normalized spacial score (nSPS) is 26.6. The minimum atomic E-state index is -1.04. The molecule has 0 aliphatic carbocycles. The molecule has 2 heterocycles. The number of nitrogens with zero attached hydrogens (tertiary/aromatic N) is 1. The van der Waals surface area contributed by atoms with E-state index in [1.807, 2.05) is 6.07 Å². The Hall–Kier alpha value is -3.14. The first kappa shape index (κ1) is 23.5. The average Bonchev–Trinajstić information content (AvgIpc) is 2.98. The predicted molar refractivity (Wildman–Crippen MR) is 110 cm³/mol. The van der Waals surface area contributed by atoms with Crippen molar-refractivity contribution in [2.45, 2.75) is 51.9 Å². The van der Waals surface area contributed by atoms with Gasteiger partial charge in [-0.1, -0.05) is 25.1 Å². The highest BCUT2D eigenvalue weighted by atomic mass is 16.7. The number of para-hydroxylation sites is 1. The minimum Gasteiger partial charge on any atom is -0.484 e. The van der Waals surface area contributed by atoms with Gasteiger partial charge in [-0.15, -0.1) is 0 Å². The summed E-state index contributed by atoms with van der Waals surface area (Å²) in [4.78, 5) is 50.4. The highest BCUT2D eigenvalue weighted by Crippen LogP contribution is 2.40. The van der Waals surface area contributed by atoms with E-state index in [0.29, 0.717) is 5.75 Å². The Morgan fingerprint density at radius 1 is 1.12 bits per heavy atom. The van der Waals surface area contributed by atoms with Crippen molar-refractivity contribution in [1.29, 1.82) is 0 Å². The van der Waals surface area contributed by atoms with Crippen LogP contribution in [0.25, 0.3) is 0 Å². The van der Waals surface area contributed by atoms with Crippen LogP contribution in [0.1, 0.15) is 27.7 Å². The van der Waals surface area contributed by atoms with E-state index >= 15 is 0 Å². The number of β-lactam (4-membered cyclic amide) rings is 1. The van der Waals surface area contributed by atoms with E-state index in [1.54, 1.807) is 52.0 Å². The zero-order chi connectivity index (χ0) is 23.6. The summed E-state index contributed by atoms with van der Waals surface area (Å²) in [5.74, 6) is -2.47. The first-order valence-corrected chi connectivity index (χ1v) is 10.3. The van der Waals surface area contributed by atoms with E-state index in [9.17, 15) is 24.3 Å². The van der Waals surface area contributed by atoms with Crippen molar-refractivity contribution in [2.75, 3.05) is 13.4 Å². The zero-order valence-electron chi connectivity index (χ0n) is 18.4. The maximum atomic E-state index is 12.6. The zero-order valence-corrected chi connectivity index (χ0v) is 18.4. The summed E-state index contributed by atoms with van der Waals surface area (Å²) in [5, 5.41) is 13.1. The molecule has 0 aromatic heterocycles. The van der Waals surface area contributed by atoms with Crippen LogP contribution < -0.4 is 10.1 Å². The van der Waals surface area contributed by atoms with Gasteiger partial charge in [-0.25, -0.2) is 4.79 Å². The number of hydrogen-bond acceptors (Lipinski definition) is 8. The standard InChI is InChI=1S/C22H28N2O8/c1-12-16(20(28)31-11-32-21(29)22(2,3)4)24-17(18(12)26)15(19(24)27)23-14(25)10-30-13-8-6-5-7-9-13/h5-9,12,15-18,26H,10-11H2,1-4H3,(H,23,25)/t12?,15?,16?,17-,18?/m0/s1. The molecule has 0 spiro atoms. The third kappa shape index (κ3) is 4.69. The lowest BCUT2D eigenvalue weighted by molar-refractivity contribution is -0.180. The van der Waals surface area contributed by atoms with Crippen LogP contribution in [0.2, 0.25) is 0 Å². The summed E-state index contributed by atoms with van der Waals surface area (Å²) >= 11 is 0. The second-order valence-electron chi connectivity index (χ2n) is 8.94. The molecule has 10 heteroatoms. The van der Waals surface area contributed by atoms with E-state index in [2.05, 4.69) is 5.32 Å². The molecule has 3 rings (SSSR count). The number of fused-ring (bicyclic) bond motifs is 1. The molecule has 4 unspecified atom stereocenters. The molecular formula is C22H28N2O8. The van der Waals surface area contributed by atoms with Gasteiger partial charge in [0.1, 0.15) is 17.8 Å². The van der Waals surface area contributed by atoms with Gasteiger partial charge in [0.25, 0.3) is 5.91 Å². The molecule has 1 aromatic rings. The molecule has 2 aliphatic rings. The molecule has 0 radical (unpaired) electrons.